The van der Waals surface area contributed by atoms with E-state index >= 15 is 0 Å². The van der Waals surface area contributed by atoms with E-state index in [0.717, 1.165) is 6.08 Å². The first-order valence-corrected chi connectivity index (χ1v) is 8.06. The molecule has 0 saturated heterocycles. The molecule has 0 aromatic rings. The number of aliphatic hydroxyl groups excluding tert-OH is 3. The van der Waals surface area contributed by atoms with Crippen molar-refractivity contribution < 1.29 is 39.5 Å². The minimum absolute atomic E-state index is 0.327. The molecule has 0 aromatic carbocycles. The fourth-order valence-corrected chi connectivity index (χ4v) is 2.32. The first-order chi connectivity index (χ1) is 11.8. The summed E-state index contributed by atoms with van der Waals surface area (Å²) in [6.07, 6.45) is -5.21. The Morgan fingerprint density at radius 2 is 1.85 bits per heavy atom. The molecule has 0 spiro atoms. The van der Waals surface area contributed by atoms with Gasteiger partial charge in [-0.3, -0.25) is 9.59 Å². The molecule has 0 saturated carbocycles. The Bertz CT molecular complexity index is 583. The van der Waals surface area contributed by atoms with Crippen LogP contribution in [0.3, 0.4) is 0 Å². The van der Waals surface area contributed by atoms with Gasteiger partial charge in [-0.25, -0.2) is 4.79 Å². The molecule has 1 heterocycles. The lowest BCUT2D eigenvalue weighted by molar-refractivity contribution is -0.148. The number of carboxylic acids is 1. The highest BCUT2D eigenvalue weighted by molar-refractivity contribution is 5.84. The Kier molecular flexibility index (Phi) is 7.13. The van der Waals surface area contributed by atoms with E-state index in [4.69, 9.17) is 9.84 Å². The van der Waals surface area contributed by atoms with Crippen LogP contribution in [0.15, 0.2) is 11.8 Å². The molecule has 26 heavy (non-hydrogen) atoms. The number of aliphatic carboxylic acids is 1. The molecule has 0 fully saturated rings. The number of aliphatic hydroxyl groups is 3. The number of rotatable bonds is 6. The molecule has 0 bridgehead atoms. The van der Waals surface area contributed by atoms with Crippen LogP contribution < -0.4 is 10.6 Å². The van der Waals surface area contributed by atoms with Crippen molar-refractivity contribution in [1.82, 2.24) is 10.6 Å². The Morgan fingerprint density at radius 1 is 1.27 bits per heavy atom. The standard InChI is InChI=1S/C16H26N2O8/c1-7(19)18-11-8(20)5-10(14(23)24)26-13(11)12(22)9(21)6-17-15(25)16(2,3)4/h5,8-9,11-13,20-22H,6H2,1-4H3,(H,17,25)(H,18,19)(H,23,24)/t8-,9+,11+,12+,13+/m0/s1. The first kappa shape index (κ1) is 21.9. The van der Waals surface area contributed by atoms with Crippen molar-refractivity contribution in [3.05, 3.63) is 11.8 Å². The first-order valence-electron chi connectivity index (χ1n) is 8.06. The summed E-state index contributed by atoms with van der Waals surface area (Å²) < 4.78 is 5.15. The molecule has 1 rings (SSSR count). The molecule has 10 heteroatoms. The number of carbonyl (C=O) groups is 3. The number of amides is 2. The molecule has 5 atom stereocenters. The van der Waals surface area contributed by atoms with E-state index < -0.39 is 53.5 Å². The summed E-state index contributed by atoms with van der Waals surface area (Å²) in [4.78, 5) is 34.3. The number of nitrogens with one attached hydrogen (secondary N) is 2. The van der Waals surface area contributed by atoms with Gasteiger partial charge in [0.15, 0.2) is 6.10 Å². The maximum atomic E-state index is 11.9. The maximum Gasteiger partial charge on any atom is 0.370 e. The highest BCUT2D eigenvalue weighted by Crippen LogP contribution is 2.23. The second-order valence-corrected chi connectivity index (χ2v) is 7.15. The lowest BCUT2D eigenvalue weighted by Gasteiger charge is -2.38. The second kappa shape index (κ2) is 8.47. The smallest absolute Gasteiger partial charge is 0.370 e. The van der Waals surface area contributed by atoms with Crippen LogP contribution in [0.5, 0.6) is 0 Å². The van der Waals surface area contributed by atoms with Crippen LogP contribution in [-0.4, -0.2) is 75.2 Å². The van der Waals surface area contributed by atoms with Gasteiger partial charge in [0.05, 0.1) is 6.04 Å². The largest absolute Gasteiger partial charge is 0.478 e. The topological polar surface area (TPSA) is 165 Å². The zero-order chi connectivity index (χ0) is 20.2. The van der Waals surface area contributed by atoms with Gasteiger partial charge < -0.3 is 35.8 Å². The number of carbonyl (C=O) groups excluding carboxylic acids is 2. The van der Waals surface area contributed by atoms with Crippen molar-refractivity contribution in [1.29, 1.82) is 0 Å². The van der Waals surface area contributed by atoms with Crippen molar-refractivity contribution in [2.24, 2.45) is 5.41 Å². The third-order valence-corrected chi connectivity index (χ3v) is 3.77. The van der Waals surface area contributed by atoms with Gasteiger partial charge in [0.25, 0.3) is 0 Å². The Labute approximate surface area is 150 Å². The van der Waals surface area contributed by atoms with Gasteiger partial charge in [0, 0.05) is 18.9 Å². The Morgan fingerprint density at radius 3 is 2.31 bits per heavy atom. The fraction of sp³-hybridized carbons (Fsp3) is 0.688. The van der Waals surface area contributed by atoms with Crippen molar-refractivity contribution >= 4 is 17.8 Å². The lowest BCUT2D eigenvalue weighted by atomic mass is 9.93. The van der Waals surface area contributed by atoms with Crippen LogP contribution >= 0.6 is 0 Å². The molecular formula is C16H26N2O8. The third-order valence-electron chi connectivity index (χ3n) is 3.77. The maximum absolute atomic E-state index is 11.9. The molecule has 10 nitrogen and oxygen atoms in total. The summed E-state index contributed by atoms with van der Waals surface area (Å²) in [5.74, 6) is -3.00. The minimum Gasteiger partial charge on any atom is -0.478 e. The Hall–Kier alpha value is -2.17. The van der Waals surface area contributed by atoms with Gasteiger partial charge in [-0.2, -0.15) is 0 Å². The summed E-state index contributed by atoms with van der Waals surface area (Å²) >= 11 is 0. The predicted octanol–water partition coefficient (Wildman–Crippen LogP) is -1.90. The fourth-order valence-electron chi connectivity index (χ4n) is 2.32. The van der Waals surface area contributed by atoms with Gasteiger partial charge in [-0.1, -0.05) is 20.8 Å². The van der Waals surface area contributed by atoms with Gasteiger partial charge in [0.2, 0.25) is 17.6 Å². The van der Waals surface area contributed by atoms with Crippen LogP contribution in [0.2, 0.25) is 0 Å². The van der Waals surface area contributed by atoms with Gasteiger partial charge in [-0.15, -0.1) is 0 Å². The molecule has 1 aliphatic heterocycles. The summed E-state index contributed by atoms with van der Waals surface area (Å²) in [6.45, 7) is 5.85. The lowest BCUT2D eigenvalue weighted by Crippen LogP contribution is -2.60. The SMILES string of the molecule is CC(=O)N[C@H]1[C@H]([C@H](O)[C@H](O)CNC(=O)C(C)(C)C)OC(C(=O)O)=C[C@@H]1O. The normalized spacial score (nSPS) is 25.3. The van der Waals surface area contributed by atoms with Gasteiger partial charge in [-0.05, 0) is 6.08 Å². The van der Waals surface area contributed by atoms with Crippen molar-refractivity contribution in [3.63, 3.8) is 0 Å². The summed E-state index contributed by atoms with van der Waals surface area (Å²) in [6, 6.07) is -1.18. The van der Waals surface area contributed by atoms with Crippen LogP contribution in [0, 0.1) is 5.41 Å². The third kappa shape index (κ3) is 5.68. The molecular weight excluding hydrogens is 348 g/mol. The van der Waals surface area contributed by atoms with Crippen molar-refractivity contribution in [2.75, 3.05) is 6.54 Å². The molecule has 148 valence electrons. The molecule has 2 amide bonds. The summed E-state index contributed by atoms with van der Waals surface area (Å²) in [7, 11) is 0. The van der Waals surface area contributed by atoms with Crippen molar-refractivity contribution in [2.45, 2.75) is 58.2 Å². The molecule has 1 aliphatic rings. The quantitative estimate of drug-likeness (QED) is 0.314. The van der Waals surface area contributed by atoms with Crippen molar-refractivity contribution in [3.8, 4) is 0 Å². The van der Waals surface area contributed by atoms with Gasteiger partial charge >= 0.3 is 5.97 Å². The Balaban J connectivity index is 2.91. The van der Waals surface area contributed by atoms with E-state index in [1.807, 2.05) is 0 Å². The van der Waals surface area contributed by atoms with Crippen LogP contribution in [0.25, 0.3) is 0 Å². The molecule has 6 N–H and O–H groups in total. The van der Waals surface area contributed by atoms with E-state index in [0.29, 0.717) is 0 Å². The van der Waals surface area contributed by atoms with Crippen LogP contribution in [0.1, 0.15) is 27.7 Å². The second-order valence-electron chi connectivity index (χ2n) is 7.15. The molecule has 0 aromatic heterocycles. The highest BCUT2D eigenvalue weighted by Gasteiger charge is 2.43. The van der Waals surface area contributed by atoms with Gasteiger partial charge in [0.1, 0.15) is 18.3 Å². The van der Waals surface area contributed by atoms with E-state index in [1.54, 1.807) is 20.8 Å². The summed E-state index contributed by atoms with van der Waals surface area (Å²) in [5, 5.41) is 44.4. The molecule has 0 unspecified atom stereocenters. The summed E-state index contributed by atoms with van der Waals surface area (Å²) in [5.41, 5.74) is -0.708. The van der Waals surface area contributed by atoms with E-state index in [1.165, 1.54) is 6.92 Å². The van der Waals surface area contributed by atoms with E-state index in [-0.39, 0.29) is 12.5 Å². The number of hydrogen-bond acceptors (Lipinski definition) is 7. The zero-order valence-corrected chi connectivity index (χ0v) is 15.1. The minimum atomic E-state index is -1.69. The van der Waals surface area contributed by atoms with Crippen LogP contribution in [-0.2, 0) is 19.1 Å². The number of ether oxygens (including phenoxy) is 1. The zero-order valence-electron chi connectivity index (χ0n) is 15.1. The average molecular weight is 374 g/mol. The van der Waals surface area contributed by atoms with E-state index in [2.05, 4.69) is 10.6 Å². The van der Waals surface area contributed by atoms with E-state index in [9.17, 15) is 29.7 Å². The average Bonchev–Trinajstić information content (AvgIpc) is 2.51. The van der Waals surface area contributed by atoms with Crippen LogP contribution in [0.4, 0.5) is 0 Å². The predicted molar refractivity (Wildman–Crippen MR) is 88.7 cm³/mol. The molecule has 0 aliphatic carbocycles. The monoisotopic (exact) mass is 374 g/mol. The number of carboxylic acid groups (broad SMARTS) is 1. The number of hydrogen-bond donors (Lipinski definition) is 6. The molecule has 0 radical (unpaired) electrons. The highest BCUT2D eigenvalue weighted by atomic mass is 16.5.